The SMILES string of the molecule is Cc1c(C(F)(F)F)nc2c(C)c(Br)ccc2c1NN. The van der Waals surface area contributed by atoms with E-state index in [1.54, 1.807) is 19.1 Å². The highest BCUT2D eigenvalue weighted by Gasteiger charge is 2.36. The molecule has 0 unspecified atom stereocenters. The maximum Gasteiger partial charge on any atom is 0.433 e. The lowest BCUT2D eigenvalue weighted by atomic mass is 10.0. The Morgan fingerprint density at radius 3 is 2.37 bits per heavy atom. The molecule has 1 aromatic heterocycles. The van der Waals surface area contributed by atoms with Crippen molar-refractivity contribution in [2.45, 2.75) is 20.0 Å². The van der Waals surface area contributed by atoms with Gasteiger partial charge in [0.1, 0.15) is 5.69 Å². The maximum absolute atomic E-state index is 13.0. The molecular weight excluding hydrogens is 323 g/mol. The molecule has 0 aliphatic rings. The number of nitrogens with zero attached hydrogens (tertiary/aromatic N) is 1. The lowest BCUT2D eigenvalue weighted by Crippen LogP contribution is -2.16. The number of halogens is 4. The highest BCUT2D eigenvalue weighted by atomic mass is 79.9. The van der Waals surface area contributed by atoms with Crippen LogP contribution in [0.1, 0.15) is 16.8 Å². The van der Waals surface area contributed by atoms with E-state index >= 15 is 0 Å². The zero-order valence-electron chi connectivity index (χ0n) is 10.2. The van der Waals surface area contributed by atoms with Crippen LogP contribution in [0.25, 0.3) is 10.9 Å². The summed E-state index contributed by atoms with van der Waals surface area (Å²) < 4.78 is 39.6. The maximum atomic E-state index is 13.0. The van der Waals surface area contributed by atoms with Gasteiger partial charge in [-0.25, -0.2) is 4.98 Å². The number of anilines is 1. The van der Waals surface area contributed by atoms with E-state index in [0.717, 1.165) is 0 Å². The summed E-state index contributed by atoms with van der Waals surface area (Å²) in [6, 6.07) is 3.44. The van der Waals surface area contributed by atoms with Gasteiger partial charge in [0, 0.05) is 15.4 Å². The number of nitrogen functional groups attached to an aromatic ring is 1. The van der Waals surface area contributed by atoms with Crippen molar-refractivity contribution in [3.8, 4) is 0 Å². The molecule has 7 heteroatoms. The third-order valence-electron chi connectivity index (χ3n) is 3.00. The van der Waals surface area contributed by atoms with Gasteiger partial charge in [-0.3, -0.25) is 5.84 Å². The number of hydrazine groups is 1. The number of aromatic nitrogens is 1. The van der Waals surface area contributed by atoms with E-state index in [-0.39, 0.29) is 16.8 Å². The summed E-state index contributed by atoms with van der Waals surface area (Å²) in [6.45, 7) is 3.05. The van der Waals surface area contributed by atoms with Crippen LogP contribution in [0.15, 0.2) is 16.6 Å². The van der Waals surface area contributed by atoms with Crippen molar-refractivity contribution in [2.24, 2.45) is 5.84 Å². The summed E-state index contributed by atoms with van der Waals surface area (Å²) in [5.41, 5.74) is 2.57. The van der Waals surface area contributed by atoms with Gasteiger partial charge < -0.3 is 5.43 Å². The quantitative estimate of drug-likeness (QED) is 0.614. The van der Waals surface area contributed by atoms with Crippen molar-refractivity contribution in [3.05, 3.63) is 33.4 Å². The minimum absolute atomic E-state index is 0.00998. The molecule has 2 rings (SSSR count). The third-order valence-corrected chi connectivity index (χ3v) is 3.86. The van der Waals surface area contributed by atoms with Crippen LogP contribution in [-0.2, 0) is 6.18 Å². The zero-order valence-corrected chi connectivity index (χ0v) is 11.8. The summed E-state index contributed by atoms with van der Waals surface area (Å²) in [4.78, 5) is 3.76. The normalized spacial score (nSPS) is 11.9. The number of alkyl halides is 3. The first-order valence-corrected chi connectivity index (χ1v) is 6.20. The Kier molecular flexibility index (Phi) is 3.44. The van der Waals surface area contributed by atoms with Gasteiger partial charge >= 0.3 is 6.18 Å². The fourth-order valence-corrected chi connectivity index (χ4v) is 2.32. The van der Waals surface area contributed by atoms with E-state index in [9.17, 15) is 13.2 Å². The molecule has 1 heterocycles. The molecule has 3 N–H and O–H groups in total. The highest BCUT2D eigenvalue weighted by molar-refractivity contribution is 9.10. The molecular formula is C12H11BrF3N3. The van der Waals surface area contributed by atoms with Crippen LogP contribution >= 0.6 is 15.9 Å². The van der Waals surface area contributed by atoms with Crippen LogP contribution in [0, 0.1) is 13.8 Å². The van der Waals surface area contributed by atoms with Gasteiger partial charge in [0.05, 0.1) is 11.2 Å². The minimum atomic E-state index is -4.52. The van der Waals surface area contributed by atoms with Gasteiger partial charge in [-0.1, -0.05) is 15.9 Å². The first-order chi connectivity index (χ1) is 8.77. The van der Waals surface area contributed by atoms with Crippen molar-refractivity contribution < 1.29 is 13.2 Å². The van der Waals surface area contributed by atoms with Crippen LogP contribution in [-0.4, -0.2) is 4.98 Å². The van der Waals surface area contributed by atoms with Crippen LogP contribution < -0.4 is 11.3 Å². The summed E-state index contributed by atoms with van der Waals surface area (Å²) in [7, 11) is 0. The molecule has 0 saturated carbocycles. The molecule has 0 bridgehead atoms. The van der Waals surface area contributed by atoms with Gasteiger partial charge in [0.15, 0.2) is 0 Å². The Bertz CT molecular complexity index is 653. The van der Waals surface area contributed by atoms with Crippen LogP contribution in [0.5, 0.6) is 0 Å². The summed E-state index contributed by atoms with van der Waals surface area (Å²) in [6.07, 6.45) is -4.52. The third kappa shape index (κ3) is 2.28. The number of rotatable bonds is 1. The van der Waals surface area contributed by atoms with Gasteiger partial charge in [-0.15, -0.1) is 0 Å². The van der Waals surface area contributed by atoms with Crippen molar-refractivity contribution in [3.63, 3.8) is 0 Å². The molecule has 0 aliphatic carbocycles. The van der Waals surface area contributed by atoms with Gasteiger partial charge in [-0.2, -0.15) is 13.2 Å². The summed E-state index contributed by atoms with van der Waals surface area (Å²) in [5, 5.41) is 0.564. The van der Waals surface area contributed by atoms with Gasteiger partial charge in [0.25, 0.3) is 0 Å². The smallest absolute Gasteiger partial charge is 0.323 e. The Morgan fingerprint density at radius 1 is 1.21 bits per heavy atom. The van der Waals surface area contributed by atoms with E-state index in [1.807, 2.05) is 0 Å². The number of hydrogen-bond donors (Lipinski definition) is 2. The highest BCUT2D eigenvalue weighted by Crippen LogP contribution is 2.38. The molecule has 102 valence electrons. The molecule has 0 spiro atoms. The van der Waals surface area contributed by atoms with Crippen LogP contribution in [0.2, 0.25) is 0 Å². The molecule has 0 fully saturated rings. The molecule has 1 aromatic carbocycles. The average molecular weight is 334 g/mol. The van der Waals surface area contributed by atoms with Crippen molar-refractivity contribution in [1.29, 1.82) is 0 Å². The lowest BCUT2D eigenvalue weighted by Gasteiger charge is -2.17. The summed E-state index contributed by atoms with van der Waals surface area (Å²) >= 11 is 3.28. The summed E-state index contributed by atoms with van der Waals surface area (Å²) in [5.74, 6) is 5.36. The monoisotopic (exact) mass is 333 g/mol. The van der Waals surface area contributed by atoms with Gasteiger partial charge in [0.2, 0.25) is 0 Å². The van der Waals surface area contributed by atoms with Crippen molar-refractivity contribution in [2.75, 3.05) is 5.43 Å². The Labute approximate surface area is 116 Å². The lowest BCUT2D eigenvalue weighted by molar-refractivity contribution is -0.141. The number of nitrogens with two attached hydrogens (primary N) is 1. The molecule has 0 saturated heterocycles. The fraction of sp³-hybridized carbons (Fsp3) is 0.250. The topological polar surface area (TPSA) is 50.9 Å². The molecule has 19 heavy (non-hydrogen) atoms. The van der Waals surface area contributed by atoms with E-state index in [0.29, 0.717) is 15.4 Å². The predicted octanol–water partition coefficient (Wildman–Crippen LogP) is 3.92. The second-order valence-corrected chi connectivity index (χ2v) is 5.03. The molecule has 0 aliphatic heterocycles. The fourth-order valence-electron chi connectivity index (χ4n) is 2.00. The van der Waals surface area contributed by atoms with Crippen molar-refractivity contribution >= 4 is 32.5 Å². The Hall–Kier alpha value is -1.34. The Balaban J connectivity index is 2.96. The molecule has 0 atom stereocenters. The zero-order chi connectivity index (χ0) is 14.4. The number of nitrogens with one attached hydrogen (secondary N) is 1. The second-order valence-electron chi connectivity index (χ2n) is 4.17. The standard InChI is InChI=1S/C12H11BrF3N3/c1-5-8(13)4-3-7-9(5)18-11(12(14,15)16)6(2)10(7)19-17/h3-4H,17H2,1-2H3,(H,18,19). The van der Waals surface area contributed by atoms with E-state index in [1.165, 1.54) is 6.92 Å². The largest absolute Gasteiger partial charge is 0.433 e. The first kappa shape index (κ1) is 14.1. The van der Waals surface area contributed by atoms with Gasteiger partial charge in [-0.05, 0) is 31.5 Å². The first-order valence-electron chi connectivity index (χ1n) is 5.40. The van der Waals surface area contributed by atoms with E-state index < -0.39 is 11.9 Å². The molecule has 0 amide bonds. The Morgan fingerprint density at radius 2 is 1.84 bits per heavy atom. The molecule has 0 radical (unpaired) electrons. The predicted molar refractivity (Wildman–Crippen MR) is 71.7 cm³/mol. The number of hydrogen-bond acceptors (Lipinski definition) is 3. The van der Waals surface area contributed by atoms with Crippen LogP contribution in [0.4, 0.5) is 18.9 Å². The van der Waals surface area contributed by atoms with Crippen LogP contribution in [0.3, 0.4) is 0 Å². The average Bonchev–Trinajstić information content (AvgIpc) is 2.32. The van der Waals surface area contributed by atoms with E-state index in [4.69, 9.17) is 5.84 Å². The molecule has 3 nitrogen and oxygen atoms in total. The number of aryl methyl sites for hydroxylation is 1. The minimum Gasteiger partial charge on any atom is -0.323 e. The number of pyridine rings is 1. The number of fused-ring (bicyclic) bond motifs is 1. The number of benzene rings is 1. The second kappa shape index (κ2) is 4.64. The molecule has 2 aromatic rings. The van der Waals surface area contributed by atoms with Crippen molar-refractivity contribution in [1.82, 2.24) is 4.98 Å². The van der Waals surface area contributed by atoms with E-state index in [2.05, 4.69) is 26.3 Å².